The molecular weight excluding hydrogens is 376 g/mol. The van der Waals surface area contributed by atoms with Crippen molar-refractivity contribution in [3.63, 3.8) is 0 Å². The highest BCUT2D eigenvalue weighted by Crippen LogP contribution is 2.22. The standard InChI is InChI=1S/C20H22N4O5/c1-12(8-18(25)22-15-6-4-13(5-7-15)19(21)26)23-24-20(27)14-9-16(28-2)11-17(10-14)29-3/h4-7,9-11H,8H2,1-3H3,(H2,21,26)(H,22,25)(H,24,27). The molecule has 0 saturated heterocycles. The number of hydrogen-bond donors (Lipinski definition) is 3. The van der Waals surface area contributed by atoms with Crippen LogP contribution < -0.4 is 25.9 Å². The normalized spacial score (nSPS) is 10.8. The van der Waals surface area contributed by atoms with E-state index in [0.717, 1.165) is 0 Å². The molecule has 3 amide bonds. The van der Waals surface area contributed by atoms with Crippen molar-refractivity contribution in [3.8, 4) is 11.5 Å². The van der Waals surface area contributed by atoms with E-state index >= 15 is 0 Å². The number of hydrogen-bond acceptors (Lipinski definition) is 6. The number of hydrazone groups is 1. The summed E-state index contributed by atoms with van der Waals surface area (Å²) in [6, 6.07) is 10.9. The summed E-state index contributed by atoms with van der Waals surface area (Å²) < 4.78 is 10.3. The van der Waals surface area contributed by atoms with Gasteiger partial charge >= 0.3 is 0 Å². The number of benzene rings is 2. The highest BCUT2D eigenvalue weighted by molar-refractivity contribution is 6.06. The molecular formula is C20H22N4O5. The van der Waals surface area contributed by atoms with Crippen LogP contribution in [0, 0.1) is 0 Å². The number of anilines is 1. The minimum absolute atomic E-state index is 0.0285. The molecule has 0 fully saturated rings. The van der Waals surface area contributed by atoms with Crippen LogP contribution in [0.15, 0.2) is 47.6 Å². The lowest BCUT2D eigenvalue weighted by atomic mass is 10.2. The fourth-order valence-electron chi connectivity index (χ4n) is 2.34. The molecule has 0 saturated carbocycles. The average Bonchev–Trinajstić information content (AvgIpc) is 2.71. The van der Waals surface area contributed by atoms with E-state index in [4.69, 9.17) is 15.2 Å². The Hall–Kier alpha value is -3.88. The van der Waals surface area contributed by atoms with Gasteiger partial charge in [-0.2, -0.15) is 5.10 Å². The molecule has 2 aromatic rings. The van der Waals surface area contributed by atoms with Crippen molar-refractivity contribution in [2.75, 3.05) is 19.5 Å². The predicted octanol–water partition coefficient (Wildman–Crippen LogP) is 1.94. The van der Waals surface area contributed by atoms with Gasteiger partial charge in [0.1, 0.15) is 11.5 Å². The number of rotatable bonds is 8. The first-order valence-corrected chi connectivity index (χ1v) is 8.58. The van der Waals surface area contributed by atoms with Crippen LogP contribution in [0.1, 0.15) is 34.1 Å². The second-order valence-corrected chi connectivity index (χ2v) is 6.06. The number of methoxy groups -OCH3 is 2. The van der Waals surface area contributed by atoms with Crippen molar-refractivity contribution in [2.45, 2.75) is 13.3 Å². The molecule has 4 N–H and O–H groups in total. The van der Waals surface area contributed by atoms with E-state index in [0.29, 0.717) is 34.0 Å². The summed E-state index contributed by atoms with van der Waals surface area (Å²) in [5.74, 6) is -0.400. The quantitative estimate of drug-likeness (QED) is 0.462. The SMILES string of the molecule is COc1cc(OC)cc(C(=O)NN=C(C)CC(=O)Nc2ccc(C(N)=O)cc2)c1. The van der Waals surface area contributed by atoms with Crippen molar-refractivity contribution >= 4 is 29.1 Å². The van der Waals surface area contributed by atoms with Gasteiger partial charge in [-0.05, 0) is 43.3 Å². The Bertz CT molecular complexity index is 916. The zero-order valence-corrected chi connectivity index (χ0v) is 16.3. The maximum atomic E-state index is 12.3. The van der Waals surface area contributed by atoms with E-state index in [2.05, 4.69) is 15.8 Å². The highest BCUT2D eigenvalue weighted by atomic mass is 16.5. The van der Waals surface area contributed by atoms with Crippen molar-refractivity contribution < 1.29 is 23.9 Å². The average molecular weight is 398 g/mol. The molecule has 0 atom stereocenters. The molecule has 0 spiro atoms. The van der Waals surface area contributed by atoms with Gasteiger partial charge in [0, 0.05) is 28.6 Å². The van der Waals surface area contributed by atoms with E-state index in [1.165, 1.54) is 26.4 Å². The third kappa shape index (κ3) is 6.35. The predicted molar refractivity (Wildman–Crippen MR) is 108 cm³/mol. The molecule has 0 unspecified atom stereocenters. The largest absolute Gasteiger partial charge is 0.497 e. The maximum Gasteiger partial charge on any atom is 0.271 e. The first-order valence-electron chi connectivity index (χ1n) is 8.58. The minimum Gasteiger partial charge on any atom is -0.497 e. The number of amides is 3. The van der Waals surface area contributed by atoms with Crippen LogP contribution in [0.25, 0.3) is 0 Å². The monoisotopic (exact) mass is 398 g/mol. The summed E-state index contributed by atoms with van der Waals surface area (Å²) in [7, 11) is 2.97. The summed E-state index contributed by atoms with van der Waals surface area (Å²) in [5, 5.41) is 6.61. The zero-order valence-electron chi connectivity index (χ0n) is 16.3. The minimum atomic E-state index is -0.546. The third-order valence-corrected chi connectivity index (χ3v) is 3.83. The summed E-state index contributed by atoms with van der Waals surface area (Å²) in [6.07, 6.45) is -0.0285. The van der Waals surface area contributed by atoms with Gasteiger partial charge in [-0.1, -0.05) is 0 Å². The number of nitrogens with two attached hydrogens (primary N) is 1. The number of primary amides is 1. The van der Waals surface area contributed by atoms with Crippen LogP contribution >= 0.6 is 0 Å². The Kier molecular flexibility index (Phi) is 7.30. The molecule has 2 aromatic carbocycles. The number of nitrogens with one attached hydrogen (secondary N) is 2. The molecule has 0 bridgehead atoms. The molecule has 0 aliphatic rings. The van der Waals surface area contributed by atoms with Crippen LogP contribution in [-0.2, 0) is 4.79 Å². The first-order chi connectivity index (χ1) is 13.8. The fraction of sp³-hybridized carbons (Fsp3) is 0.200. The molecule has 0 radical (unpaired) electrons. The second-order valence-electron chi connectivity index (χ2n) is 6.06. The molecule has 9 nitrogen and oxygen atoms in total. The molecule has 0 aromatic heterocycles. The van der Waals surface area contributed by atoms with E-state index < -0.39 is 11.8 Å². The third-order valence-electron chi connectivity index (χ3n) is 3.83. The van der Waals surface area contributed by atoms with E-state index in [9.17, 15) is 14.4 Å². The number of carbonyl (C=O) groups excluding carboxylic acids is 3. The van der Waals surface area contributed by atoms with Crippen molar-refractivity contribution in [1.29, 1.82) is 0 Å². The van der Waals surface area contributed by atoms with E-state index in [-0.39, 0.29) is 12.3 Å². The Morgan fingerprint density at radius 2 is 1.55 bits per heavy atom. The van der Waals surface area contributed by atoms with Gasteiger partial charge in [0.25, 0.3) is 5.91 Å². The summed E-state index contributed by atoms with van der Waals surface area (Å²) >= 11 is 0. The smallest absolute Gasteiger partial charge is 0.271 e. The highest BCUT2D eigenvalue weighted by Gasteiger charge is 2.10. The maximum absolute atomic E-state index is 12.3. The topological polar surface area (TPSA) is 132 Å². The lowest BCUT2D eigenvalue weighted by molar-refractivity contribution is -0.115. The fourth-order valence-corrected chi connectivity index (χ4v) is 2.34. The molecule has 152 valence electrons. The Morgan fingerprint density at radius 1 is 0.966 bits per heavy atom. The van der Waals surface area contributed by atoms with Gasteiger partial charge in [0.15, 0.2) is 0 Å². The van der Waals surface area contributed by atoms with Crippen LogP contribution in [0.3, 0.4) is 0 Å². The second kappa shape index (κ2) is 9.88. The molecule has 0 heterocycles. The van der Waals surface area contributed by atoms with E-state index in [1.54, 1.807) is 37.3 Å². The zero-order chi connectivity index (χ0) is 21.4. The van der Waals surface area contributed by atoms with Gasteiger partial charge in [-0.3, -0.25) is 14.4 Å². The first kappa shape index (κ1) is 21.4. The molecule has 29 heavy (non-hydrogen) atoms. The van der Waals surface area contributed by atoms with E-state index in [1.807, 2.05) is 0 Å². The number of nitrogens with zero attached hydrogens (tertiary/aromatic N) is 1. The van der Waals surface area contributed by atoms with Crippen molar-refractivity contribution in [2.24, 2.45) is 10.8 Å². The molecule has 0 aliphatic heterocycles. The summed E-state index contributed by atoms with van der Waals surface area (Å²) in [6.45, 7) is 1.61. The van der Waals surface area contributed by atoms with Gasteiger partial charge in [0.2, 0.25) is 11.8 Å². The van der Waals surface area contributed by atoms with Crippen LogP contribution in [0.5, 0.6) is 11.5 Å². The van der Waals surface area contributed by atoms with Crippen molar-refractivity contribution in [3.05, 3.63) is 53.6 Å². The summed E-state index contributed by atoms with van der Waals surface area (Å²) in [4.78, 5) is 35.4. The Balaban J connectivity index is 1.94. The van der Waals surface area contributed by atoms with Gasteiger partial charge in [-0.15, -0.1) is 0 Å². The van der Waals surface area contributed by atoms with Crippen molar-refractivity contribution in [1.82, 2.24) is 5.43 Å². The van der Waals surface area contributed by atoms with Crippen LogP contribution in [0.4, 0.5) is 5.69 Å². The van der Waals surface area contributed by atoms with Gasteiger partial charge in [-0.25, -0.2) is 5.43 Å². The molecule has 9 heteroatoms. The number of ether oxygens (including phenoxy) is 2. The molecule has 0 aliphatic carbocycles. The van der Waals surface area contributed by atoms with Gasteiger partial charge < -0.3 is 20.5 Å². The number of carbonyl (C=O) groups is 3. The molecule has 2 rings (SSSR count). The summed E-state index contributed by atoms with van der Waals surface area (Å²) in [5.41, 5.74) is 9.13. The Morgan fingerprint density at radius 3 is 2.07 bits per heavy atom. The van der Waals surface area contributed by atoms with Crippen LogP contribution in [0.2, 0.25) is 0 Å². The van der Waals surface area contributed by atoms with Crippen LogP contribution in [-0.4, -0.2) is 37.7 Å². The lowest BCUT2D eigenvalue weighted by Crippen LogP contribution is -2.21. The van der Waals surface area contributed by atoms with Gasteiger partial charge in [0.05, 0.1) is 20.6 Å². The lowest BCUT2D eigenvalue weighted by Gasteiger charge is -2.08. The Labute approximate surface area is 167 Å².